The van der Waals surface area contributed by atoms with E-state index in [1.165, 1.54) is 19.3 Å². The van der Waals surface area contributed by atoms with Gasteiger partial charge in [0.05, 0.1) is 0 Å². The molecular weight excluding hydrogens is 247 g/mol. The Balaban J connectivity index is -0.000000163. The number of hydrogen-bond acceptors (Lipinski definition) is 0. The van der Waals surface area contributed by atoms with Gasteiger partial charge in [0, 0.05) is 5.88 Å². The maximum Gasteiger partial charge on any atom is 0.450 e. The van der Waals surface area contributed by atoms with E-state index in [1.807, 2.05) is 0 Å². The predicted octanol–water partition coefficient (Wildman–Crippen LogP) is 4.34. The van der Waals surface area contributed by atoms with E-state index in [4.69, 9.17) is 11.6 Å². The quantitative estimate of drug-likeness (QED) is 0.402. The van der Waals surface area contributed by atoms with Crippen LogP contribution in [0.1, 0.15) is 26.2 Å². The zero-order chi connectivity index (χ0) is 10.9. The Morgan fingerprint density at radius 2 is 1.50 bits per heavy atom. The van der Waals surface area contributed by atoms with Crippen LogP contribution < -0.4 is 0 Å². The summed E-state index contributed by atoms with van der Waals surface area (Å²) in [5, 5.41) is 0. The number of rotatable bonds is 3. The van der Waals surface area contributed by atoms with E-state index < -0.39 is 12.6 Å². The van der Waals surface area contributed by atoms with Gasteiger partial charge >= 0.3 is 12.6 Å². The van der Waals surface area contributed by atoms with Crippen LogP contribution in [0.5, 0.6) is 0 Å². The van der Waals surface area contributed by atoms with Crippen LogP contribution >= 0.6 is 25.1 Å². The third-order valence-corrected chi connectivity index (χ3v) is 1.25. The normalized spacial score (nSPS) is 10.3. The summed E-state index contributed by atoms with van der Waals surface area (Å²) in [6.07, 6.45) is -5.80. The van der Waals surface area contributed by atoms with Crippen molar-refractivity contribution in [2.45, 2.75) is 38.8 Å². The van der Waals surface area contributed by atoms with Crippen LogP contribution in [0.15, 0.2) is 0 Å². The molecule has 0 saturated heterocycles. The summed E-state index contributed by atoms with van der Waals surface area (Å²) in [7, 11) is 0. The topological polar surface area (TPSA) is 0 Å². The second-order valence-corrected chi connectivity index (χ2v) is 2.62. The SMILES string of the molecule is CCCCCCl.FC(F)C(F)(F)F.S. The van der Waals surface area contributed by atoms with Crippen LogP contribution in [0.2, 0.25) is 0 Å². The molecule has 90 valence electrons. The van der Waals surface area contributed by atoms with Crippen molar-refractivity contribution in [2.75, 3.05) is 5.88 Å². The van der Waals surface area contributed by atoms with Gasteiger partial charge in [0.2, 0.25) is 0 Å². The molecule has 0 aliphatic heterocycles. The Morgan fingerprint density at radius 3 is 1.57 bits per heavy atom. The van der Waals surface area contributed by atoms with Crippen LogP contribution in [-0.4, -0.2) is 18.5 Å². The maximum absolute atomic E-state index is 10.4. The van der Waals surface area contributed by atoms with Crippen molar-refractivity contribution in [3.05, 3.63) is 0 Å². The largest absolute Gasteiger partial charge is 0.450 e. The highest BCUT2D eigenvalue weighted by Gasteiger charge is 2.40. The lowest BCUT2D eigenvalue weighted by Crippen LogP contribution is -2.18. The summed E-state index contributed by atoms with van der Waals surface area (Å²) >= 11 is 5.38. The molecule has 14 heavy (non-hydrogen) atoms. The van der Waals surface area contributed by atoms with Crippen LogP contribution in [-0.2, 0) is 0 Å². The number of hydrogen-bond donors (Lipinski definition) is 0. The Morgan fingerprint density at radius 1 is 1.14 bits per heavy atom. The Hall–Kier alpha value is 0.290. The smallest absolute Gasteiger partial charge is 0.200 e. The monoisotopic (exact) mass is 260 g/mol. The molecule has 0 aliphatic carbocycles. The minimum absolute atomic E-state index is 0. The highest BCUT2D eigenvalue weighted by atomic mass is 35.5. The molecule has 0 fully saturated rings. The first-order valence-electron chi connectivity index (χ1n) is 3.77. The molecule has 0 amide bonds. The van der Waals surface area contributed by atoms with E-state index in [0.29, 0.717) is 0 Å². The van der Waals surface area contributed by atoms with Crippen LogP contribution in [0.4, 0.5) is 22.0 Å². The van der Waals surface area contributed by atoms with E-state index in [9.17, 15) is 22.0 Å². The Kier molecular flexibility index (Phi) is 16.1. The van der Waals surface area contributed by atoms with Crippen molar-refractivity contribution < 1.29 is 22.0 Å². The summed E-state index contributed by atoms with van der Waals surface area (Å²) in [5.41, 5.74) is 0. The van der Waals surface area contributed by atoms with Crippen molar-refractivity contribution in [1.29, 1.82) is 0 Å². The van der Waals surface area contributed by atoms with Crippen LogP contribution in [0.25, 0.3) is 0 Å². The summed E-state index contributed by atoms with van der Waals surface area (Å²) in [4.78, 5) is 0. The van der Waals surface area contributed by atoms with Crippen LogP contribution in [0.3, 0.4) is 0 Å². The molecule has 0 heterocycles. The first-order chi connectivity index (χ1) is 5.86. The molecule has 0 radical (unpaired) electrons. The van der Waals surface area contributed by atoms with E-state index in [0.717, 1.165) is 5.88 Å². The summed E-state index contributed by atoms with van der Waals surface area (Å²) < 4.78 is 52.1. The molecule has 0 aromatic heterocycles. The fourth-order valence-electron chi connectivity index (χ4n) is 0.344. The fraction of sp³-hybridized carbons (Fsp3) is 1.00. The van der Waals surface area contributed by atoms with E-state index in [1.54, 1.807) is 0 Å². The molecule has 0 unspecified atom stereocenters. The third-order valence-electron chi connectivity index (χ3n) is 0.985. The zero-order valence-electron chi connectivity index (χ0n) is 7.67. The van der Waals surface area contributed by atoms with Crippen molar-refractivity contribution >= 4 is 25.1 Å². The molecule has 0 rings (SSSR count). The van der Waals surface area contributed by atoms with Gasteiger partial charge in [0.25, 0.3) is 0 Å². The number of alkyl halides is 6. The standard InChI is InChI=1S/C5H11Cl.C2HF5.H2S/c1-2-3-4-5-6;3-1(4)2(5,6)7;/h2-5H2,1H3;1H;1H2. The second kappa shape index (κ2) is 11.4. The molecule has 0 spiro atoms. The van der Waals surface area contributed by atoms with Crippen molar-refractivity contribution in [3.63, 3.8) is 0 Å². The Labute approximate surface area is 92.3 Å². The van der Waals surface area contributed by atoms with Gasteiger partial charge in [-0.15, -0.1) is 11.6 Å². The van der Waals surface area contributed by atoms with E-state index >= 15 is 0 Å². The summed E-state index contributed by atoms with van der Waals surface area (Å²) in [6.45, 7) is 2.17. The molecule has 0 atom stereocenters. The first kappa shape index (κ1) is 19.8. The third kappa shape index (κ3) is 18.2. The van der Waals surface area contributed by atoms with Gasteiger partial charge in [-0.05, 0) is 6.42 Å². The highest BCUT2D eigenvalue weighted by molar-refractivity contribution is 7.59. The van der Waals surface area contributed by atoms with Gasteiger partial charge in [-0.3, -0.25) is 0 Å². The molecule has 0 nitrogen and oxygen atoms in total. The number of unbranched alkanes of at least 4 members (excludes halogenated alkanes) is 2. The highest BCUT2D eigenvalue weighted by Crippen LogP contribution is 2.22. The summed E-state index contributed by atoms with van der Waals surface area (Å²) in [6, 6.07) is 0. The molecular formula is C7H14ClF5S. The van der Waals surface area contributed by atoms with Gasteiger partial charge in [-0.25, -0.2) is 8.78 Å². The lowest BCUT2D eigenvalue weighted by atomic mass is 10.3. The predicted molar refractivity (Wildman–Crippen MR) is 52.7 cm³/mol. The van der Waals surface area contributed by atoms with Gasteiger partial charge < -0.3 is 0 Å². The van der Waals surface area contributed by atoms with Crippen molar-refractivity contribution in [1.82, 2.24) is 0 Å². The van der Waals surface area contributed by atoms with Gasteiger partial charge in [0.1, 0.15) is 0 Å². The van der Waals surface area contributed by atoms with E-state index in [2.05, 4.69) is 6.92 Å². The fourth-order valence-corrected chi connectivity index (χ4v) is 0.533. The van der Waals surface area contributed by atoms with Crippen LogP contribution in [0, 0.1) is 0 Å². The molecule has 0 aromatic carbocycles. The molecule has 7 heteroatoms. The molecule has 0 aliphatic rings. The van der Waals surface area contributed by atoms with Gasteiger partial charge in [-0.1, -0.05) is 19.8 Å². The molecule has 0 N–H and O–H groups in total. The molecule has 0 bridgehead atoms. The Bertz CT molecular complexity index is 103. The first-order valence-corrected chi connectivity index (χ1v) is 4.30. The lowest BCUT2D eigenvalue weighted by molar-refractivity contribution is -0.219. The summed E-state index contributed by atoms with van der Waals surface area (Å²) in [5.74, 6) is 0.827. The lowest BCUT2D eigenvalue weighted by Gasteiger charge is -2.00. The van der Waals surface area contributed by atoms with Crippen molar-refractivity contribution in [3.8, 4) is 0 Å². The van der Waals surface area contributed by atoms with Gasteiger partial charge in [0.15, 0.2) is 0 Å². The maximum atomic E-state index is 10.4. The minimum Gasteiger partial charge on any atom is -0.200 e. The zero-order valence-corrected chi connectivity index (χ0v) is 9.43. The second-order valence-electron chi connectivity index (χ2n) is 2.24. The molecule has 0 aromatic rings. The van der Waals surface area contributed by atoms with Crippen molar-refractivity contribution in [2.24, 2.45) is 0 Å². The average molecular weight is 261 g/mol. The van der Waals surface area contributed by atoms with Gasteiger partial charge in [-0.2, -0.15) is 26.7 Å². The molecule has 0 saturated carbocycles. The average Bonchev–Trinajstić information content (AvgIpc) is 2.00. The van der Waals surface area contributed by atoms with E-state index in [-0.39, 0.29) is 13.5 Å². The number of halogens is 6. The minimum atomic E-state index is -5.33.